The molecular weight excluding hydrogens is 344 g/mol. The molecule has 0 spiro atoms. The number of hydrogen-bond donors (Lipinski definition) is 2. The van der Waals surface area contributed by atoms with Crippen molar-refractivity contribution in [3.05, 3.63) is 58.2 Å². The molecule has 0 aliphatic heterocycles. The van der Waals surface area contributed by atoms with Crippen LogP contribution in [0.5, 0.6) is 5.75 Å². The maximum Gasteiger partial charge on any atom is 0.257 e. The number of aromatic nitrogens is 1. The largest absolute Gasteiger partial charge is 0.497 e. The quantitative estimate of drug-likeness (QED) is 0.724. The minimum Gasteiger partial charge on any atom is -0.497 e. The standard InChI is InChI=1S/C17H15BrN2O2/c1-10-7-11(3-6-15(10)18)20-17(21)14-9-19-16-8-12(22-2)4-5-13(14)16/h3-9,19H,1-2H3,(H,20,21). The molecule has 0 bridgehead atoms. The molecule has 2 N–H and O–H groups in total. The number of nitrogens with one attached hydrogen (secondary N) is 2. The van der Waals surface area contributed by atoms with Gasteiger partial charge in [-0.25, -0.2) is 0 Å². The number of H-pyrrole nitrogens is 1. The summed E-state index contributed by atoms with van der Waals surface area (Å²) in [4.78, 5) is 15.6. The van der Waals surface area contributed by atoms with Gasteiger partial charge in [-0.3, -0.25) is 4.79 Å². The monoisotopic (exact) mass is 358 g/mol. The minimum absolute atomic E-state index is 0.141. The second-order valence-corrected chi connectivity index (χ2v) is 5.89. The third-order valence-corrected chi connectivity index (χ3v) is 4.44. The van der Waals surface area contributed by atoms with Gasteiger partial charge in [0, 0.05) is 33.3 Å². The molecule has 0 aliphatic carbocycles. The Hall–Kier alpha value is -2.27. The smallest absolute Gasteiger partial charge is 0.257 e. The molecule has 0 radical (unpaired) electrons. The summed E-state index contributed by atoms with van der Waals surface area (Å²) in [6, 6.07) is 11.3. The summed E-state index contributed by atoms with van der Waals surface area (Å²) >= 11 is 3.45. The maximum atomic E-state index is 12.5. The summed E-state index contributed by atoms with van der Waals surface area (Å²) in [5.74, 6) is 0.614. The summed E-state index contributed by atoms with van der Waals surface area (Å²) in [6.07, 6.45) is 1.71. The van der Waals surface area contributed by atoms with E-state index >= 15 is 0 Å². The fourth-order valence-corrected chi connectivity index (χ4v) is 2.59. The Bertz CT molecular complexity index is 855. The fraction of sp³-hybridized carbons (Fsp3) is 0.118. The summed E-state index contributed by atoms with van der Waals surface area (Å²) < 4.78 is 6.21. The van der Waals surface area contributed by atoms with Crippen LogP contribution >= 0.6 is 15.9 Å². The van der Waals surface area contributed by atoms with Crippen LogP contribution < -0.4 is 10.1 Å². The Labute approximate surface area is 136 Å². The molecule has 3 aromatic rings. The normalized spacial score (nSPS) is 10.7. The predicted molar refractivity (Wildman–Crippen MR) is 91.7 cm³/mol. The van der Waals surface area contributed by atoms with Crippen molar-refractivity contribution in [2.24, 2.45) is 0 Å². The molecule has 1 aromatic heterocycles. The van der Waals surface area contributed by atoms with Gasteiger partial charge in [0.15, 0.2) is 0 Å². The van der Waals surface area contributed by atoms with Crippen LogP contribution in [0.15, 0.2) is 47.1 Å². The van der Waals surface area contributed by atoms with E-state index in [-0.39, 0.29) is 5.91 Å². The van der Waals surface area contributed by atoms with Gasteiger partial charge in [0.05, 0.1) is 12.7 Å². The number of fused-ring (bicyclic) bond motifs is 1. The second kappa shape index (κ2) is 5.85. The highest BCUT2D eigenvalue weighted by atomic mass is 79.9. The van der Waals surface area contributed by atoms with E-state index in [1.807, 2.05) is 43.3 Å². The number of benzene rings is 2. The van der Waals surface area contributed by atoms with Crippen molar-refractivity contribution in [3.63, 3.8) is 0 Å². The molecule has 1 heterocycles. The number of aromatic amines is 1. The highest BCUT2D eigenvalue weighted by Crippen LogP contribution is 2.25. The van der Waals surface area contributed by atoms with E-state index in [4.69, 9.17) is 4.74 Å². The lowest BCUT2D eigenvalue weighted by molar-refractivity contribution is 0.102. The number of hydrogen-bond acceptors (Lipinski definition) is 2. The zero-order chi connectivity index (χ0) is 15.7. The fourth-order valence-electron chi connectivity index (χ4n) is 2.34. The lowest BCUT2D eigenvalue weighted by Crippen LogP contribution is -2.11. The van der Waals surface area contributed by atoms with E-state index in [1.165, 1.54) is 0 Å². The van der Waals surface area contributed by atoms with Crippen molar-refractivity contribution in [1.29, 1.82) is 0 Å². The van der Waals surface area contributed by atoms with Crippen LogP contribution in [0.1, 0.15) is 15.9 Å². The number of rotatable bonds is 3. The van der Waals surface area contributed by atoms with Gasteiger partial charge in [0.1, 0.15) is 5.75 Å². The first-order valence-corrected chi connectivity index (χ1v) is 7.60. The van der Waals surface area contributed by atoms with Gasteiger partial charge in [-0.1, -0.05) is 15.9 Å². The molecule has 0 fully saturated rings. The van der Waals surface area contributed by atoms with E-state index < -0.39 is 0 Å². The summed E-state index contributed by atoms with van der Waals surface area (Å²) in [5.41, 5.74) is 3.32. The van der Waals surface area contributed by atoms with Crippen LogP contribution in [0.2, 0.25) is 0 Å². The van der Waals surface area contributed by atoms with Crippen LogP contribution in [0.25, 0.3) is 10.9 Å². The number of carbonyl (C=O) groups is 1. The molecular formula is C17H15BrN2O2. The molecule has 3 rings (SSSR count). The Morgan fingerprint density at radius 2 is 2.05 bits per heavy atom. The van der Waals surface area contributed by atoms with Gasteiger partial charge in [-0.15, -0.1) is 0 Å². The molecule has 4 nitrogen and oxygen atoms in total. The highest BCUT2D eigenvalue weighted by Gasteiger charge is 2.13. The zero-order valence-corrected chi connectivity index (χ0v) is 13.8. The van der Waals surface area contributed by atoms with E-state index in [0.717, 1.165) is 32.4 Å². The van der Waals surface area contributed by atoms with Gasteiger partial charge in [-0.2, -0.15) is 0 Å². The molecule has 1 amide bonds. The highest BCUT2D eigenvalue weighted by molar-refractivity contribution is 9.10. The van der Waals surface area contributed by atoms with Crippen molar-refractivity contribution in [3.8, 4) is 5.75 Å². The van der Waals surface area contributed by atoms with Gasteiger partial charge >= 0.3 is 0 Å². The number of aryl methyl sites for hydroxylation is 1. The van der Waals surface area contributed by atoms with E-state index in [0.29, 0.717) is 5.56 Å². The molecule has 22 heavy (non-hydrogen) atoms. The Morgan fingerprint density at radius 1 is 1.23 bits per heavy atom. The number of methoxy groups -OCH3 is 1. The predicted octanol–water partition coefficient (Wildman–Crippen LogP) is 4.50. The lowest BCUT2D eigenvalue weighted by atomic mass is 10.1. The molecule has 0 saturated heterocycles. The Kier molecular flexibility index (Phi) is 3.90. The second-order valence-electron chi connectivity index (χ2n) is 5.03. The minimum atomic E-state index is -0.141. The average Bonchev–Trinajstić information content (AvgIpc) is 2.94. The molecule has 0 saturated carbocycles. The molecule has 2 aromatic carbocycles. The molecule has 0 aliphatic rings. The Balaban J connectivity index is 1.90. The molecule has 0 atom stereocenters. The van der Waals surface area contributed by atoms with Crippen LogP contribution in [0.4, 0.5) is 5.69 Å². The first kappa shape index (κ1) is 14.7. The van der Waals surface area contributed by atoms with Crippen molar-refractivity contribution < 1.29 is 9.53 Å². The van der Waals surface area contributed by atoms with Crippen LogP contribution in [-0.4, -0.2) is 18.0 Å². The van der Waals surface area contributed by atoms with Gasteiger partial charge in [-0.05, 0) is 42.8 Å². The average molecular weight is 359 g/mol. The van der Waals surface area contributed by atoms with Crippen LogP contribution in [-0.2, 0) is 0 Å². The van der Waals surface area contributed by atoms with Crippen molar-refractivity contribution >= 4 is 38.4 Å². The first-order chi connectivity index (χ1) is 10.6. The molecule has 112 valence electrons. The number of carbonyl (C=O) groups excluding carboxylic acids is 1. The van der Waals surface area contributed by atoms with E-state index in [2.05, 4.69) is 26.2 Å². The summed E-state index contributed by atoms with van der Waals surface area (Å²) in [6.45, 7) is 1.98. The third kappa shape index (κ3) is 2.72. The van der Waals surface area contributed by atoms with Gasteiger partial charge < -0.3 is 15.0 Å². The van der Waals surface area contributed by atoms with Crippen molar-refractivity contribution in [2.45, 2.75) is 6.92 Å². The van der Waals surface area contributed by atoms with Gasteiger partial charge in [0.25, 0.3) is 5.91 Å². The number of ether oxygens (including phenoxy) is 1. The van der Waals surface area contributed by atoms with Gasteiger partial charge in [0.2, 0.25) is 0 Å². The van der Waals surface area contributed by atoms with Crippen LogP contribution in [0.3, 0.4) is 0 Å². The lowest BCUT2D eigenvalue weighted by Gasteiger charge is -2.07. The van der Waals surface area contributed by atoms with Crippen molar-refractivity contribution in [2.75, 3.05) is 12.4 Å². The maximum absolute atomic E-state index is 12.5. The van der Waals surface area contributed by atoms with Crippen LogP contribution in [0, 0.1) is 6.92 Å². The summed E-state index contributed by atoms with van der Waals surface area (Å²) in [5, 5.41) is 3.79. The number of anilines is 1. The molecule has 0 unspecified atom stereocenters. The zero-order valence-electron chi connectivity index (χ0n) is 12.2. The number of amides is 1. The summed E-state index contributed by atoms with van der Waals surface area (Å²) in [7, 11) is 1.62. The van der Waals surface area contributed by atoms with E-state index in [1.54, 1.807) is 13.3 Å². The molecule has 5 heteroatoms. The Morgan fingerprint density at radius 3 is 2.77 bits per heavy atom. The first-order valence-electron chi connectivity index (χ1n) is 6.81. The third-order valence-electron chi connectivity index (χ3n) is 3.55. The SMILES string of the molecule is COc1ccc2c(C(=O)Nc3ccc(Br)c(C)c3)c[nH]c2c1. The van der Waals surface area contributed by atoms with E-state index in [9.17, 15) is 4.79 Å². The van der Waals surface area contributed by atoms with Crippen molar-refractivity contribution in [1.82, 2.24) is 4.98 Å². The number of halogens is 1. The topological polar surface area (TPSA) is 54.1 Å².